The van der Waals surface area contributed by atoms with Crippen molar-refractivity contribution >= 4 is 11.9 Å². The van der Waals surface area contributed by atoms with Crippen molar-refractivity contribution in [3.8, 4) is 0 Å². The zero-order valence-corrected chi connectivity index (χ0v) is 15.4. The molecule has 1 fully saturated rings. The maximum atomic E-state index is 12.9. The van der Waals surface area contributed by atoms with Crippen LogP contribution in [0.3, 0.4) is 0 Å². The number of amides is 1. The van der Waals surface area contributed by atoms with Crippen molar-refractivity contribution < 1.29 is 9.18 Å². The van der Waals surface area contributed by atoms with E-state index in [4.69, 9.17) is 0 Å². The Kier molecular flexibility index (Phi) is 6.79. The van der Waals surface area contributed by atoms with Gasteiger partial charge in [0, 0.05) is 26.2 Å². The molecule has 0 bridgehead atoms. The summed E-state index contributed by atoms with van der Waals surface area (Å²) in [5.41, 5.74) is 1.12. The van der Waals surface area contributed by atoms with E-state index in [0.717, 1.165) is 37.6 Å². The van der Waals surface area contributed by atoms with Gasteiger partial charge in [0.2, 0.25) is 5.91 Å². The summed E-state index contributed by atoms with van der Waals surface area (Å²) in [5.74, 6) is 0.550. The molecule has 2 N–H and O–H groups in total. The van der Waals surface area contributed by atoms with Crippen LogP contribution in [-0.4, -0.2) is 49.5 Å². The summed E-state index contributed by atoms with van der Waals surface area (Å²) in [6.45, 7) is 10.5. The van der Waals surface area contributed by atoms with Gasteiger partial charge in [-0.2, -0.15) is 0 Å². The number of aliphatic imine (C=N–C) groups is 1. The second kappa shape index (κ2) is 8.83. The van der Waals surface area contributed by atoms with Gasteiger partial charge in [0.1, 0.15) is 5.82 Å². The molecular weight excluding hydrogens is 319 g/mol. The van der Waals surface area contributed by atoms with Gasteiger partial charge in [0.05, 0.1) is 13.0 Å². The topological polar surface area (TPSA) is 56.7 Å². The van der Waals surface area contributed by atoms with Gasteiger partial charge in [0.25, 0.3) is 0 Å². The highest BCUT2D eigenvalue weighted by Crippen LogP contribution is 2.28. The molecule has 1 amide bonds. The standard InChI is InChI=1S/C19H29FN4O/c1-4-21-18(24-12-9-19(2,3)14-24)23-11-10-22-17(25)13-15-5-7-16(20)8-6-15/h5-8H,4,9-14H2,1-3H3,(H,21,23)(H,22,25). The van der Waals surface area contributed by atoms with E-state index >= 15 is 0 Å². The Morgan fingerprint density at radius 3 is 2.60 bits per heavy atom. The van der Waals surface area contributed by atoms with Crippen molar-refractivity contribution in [2.75, 3.05) is 32.7 Å². The summed E-state index contributed by atoms with van der Waals surface area (Å²) >= 11 is 0. The molecule has 0 saturated carbocycles. The summed E-state index contributed by atoms with van der Waals surface area (Å²) in [6, 6.07) is 6.00. The Bertz CT molecular complexity index is 598. The summed E-state index contributed by atoms with van der Waals surface area (Å²) in [7, 11) is 0. The van der Waals surface area contributed by atoms with Crippen LogP contribution in [0.5, 0.6) is 0 Å². The van der Waals surface area contributed by atoms with Crippen LogP contribution in [0.25, 0.3) is 0 Å². The number of nitrogens with zero attached hydrogens (tertiary/aromatic N) is 2. The Morgan fingerprint density at radius 2 is 2.00 bits per heavy atom. The molecule has 6 heteroatoms. The number of benzene rings is 1. The van der Waals surface area contributed by atoms with E-state index in [1.807, 2.05) is 0 Å². The first-order valence-corrected chi connectivity index (χ1v) is 8.94. The average molecular weight is 348 g/mol. The summed E-state index contributed by atoms with van der Waals surface area (Å²) in [5, 5.41) is 6.19. The molecule has 1 aromatic carbocycles. The molecule has 1 aromatic rings. The molecule has 5 nitrogen and oxygen atoms in total. The highest BCUT2D eigenvalue weighted by molar-refractivity contribution is 5.80. The fraction of sp³-hybridized carbons (Fsp3) is 0.579. The third-order valence-electron chi connectivity index (χ3n) is 4.29. The van der Waals surface area contributed by atoms with Crippen molar-refractivity contribution in [2.24, 2.45) is 10.4 Å². The summed E-state index contributed by atoms with van der Waals surface area (Å²) < 4.78 is 12.9. The van der Waals surface area contributed by atoms with Crippen LogP contribution in [0.4, 0.5) is 4.39 Å². The van der Waals surface area contributed by atoms with Crippen molar-refractivity contribution in [3.63, 3.8) is 0 Å². The number of halogens is 1. The second-order valence-electron chi connectivity index (χ2n) is 7.22. The molecule has 1 saturated heterocycles. The maximum Gasteiger partial charge on any atom is 0.224 e. The van der Waals surface area contributed by atoms with Crippen molar-refractivity contribution in [1.29, 1.82) is 0 Å². The number of hydrogen-bond acceptors (Lipinski definition) is 2. The van der Waals surface area contributed by atoms with Gasteiger partial charge in [-0.1, -0.05) is 26.0 Å². The van der Waals surface area contributed by atoms with Crippen molar-refractivity contribution in [2.45, 2.75) is 33.6 Å². The third kappa shape index (κ3) is 6.36. The summed E-state index contributed by atoms with van der Waals surface area (Å²) in [6.07, 6.45) is 1.41. The van der Waals surface area contributed by atoms with E-state index in [0.29, 0.717) is 18.5 Å². The predicted octanol–water partition coefficient (Wildman–Crippen LogP) is 2.18. The lowest BCUT2D eigenvalue weighted by molar-refractivity contribution is -0.120. The van der Waals surface area contributed by atoms with Crippen LogP contribution in [0.1, 0.15) is 32.8 Å². The Balaban J connectivity index is 1.77. The zero-order chi connectivity index (χ0) is 18.3. The van der Waals surface area contributed by atoms with Gasteiger partial charge in [-0.15, -0.1) is 0 Å². The minimum atomic E-state index is -0.292. The summed E-state index contributed by atoms with van der Waals surface area (Å²) in [4.78, 5) is 18.8. The quantitative estimate of drug-likeness (QED) is 0.471. The minimum absolute atomic E-state index is 0.0749. The lowest BCUT2D eigenvalue weighted by atomic mass is 9.93. The molecule has 138 valence electrons. The molecule has 2 rings (SSSR count). The van der Waals surface area contributed by atoms with Crippen LogP contribution in [0.2, 0.25) is 0 Å². The third-order valence-corrected chi connectivity index (χ3v) is 4.29. The molecule has 1 aliphatic rings. The number of rotatable bonds is 6. The molecule has 0 atom stereocenters. The number of guanidine groups is 1. The molecule has 0 unspecified atom stereocenters. The van der Waals surface area contributed by atoms with Crippen LogP contribution >= 0.6 is 0 Å². The van der Waals surface area contributed by atoms with Gasteiger partial charge in [-0.3, -0.25) is 9.79 Å². The first kappa shape index (κ1) is 19.2. The molecule has 1 heterocycles. The van der Waals surface area contributed by atoms with Gasteiger partial charge < -0.3 is 15.5 Å². The molecule has 0 radical (unpaired) electrons. The zero-order valence-electron chi connectivity index (χ0n) is 15.4. The number of hydrogen-bond donors (Lipinski definition) is 2. The first-order valence-electron chi connectivity index (χ1n) is 8.94. The lowest BCUT2D eigenvalue weighted by Crippen LogP contribution is -2.41. The van der Waals surface area contributed by atoms with Crippen LogP contribution in [0.15, 0.2) is 29.3 Å². The number of carbonyl (C=O) groups is 1. The molecule has 25 heavy (non-hydrogen) atoms. The highest BCUT2D eigenvalue weighted by Gasteiger charge is 2.30. The molecular formula is C19H29FN4O. The Morgan fingerprint density at radius 1 is 1.28 bits per heavy atom. The fourth-order valence-corrected chi connectivity index (χ4v) is 2.93. The van der Waals surface area contributed by atoms with Gasteiger partial charge >= 0.3 is 0 Å². The van der Waals surface area contributed by atoms with Crippen LogP contribution in [0, 0.1) is 11.2 Å². The van der Waals surface area contributed by atoms with E-state index in [1.165, 1.54) is 12.1 Å². The van der Waals surface area contributed by atoms with E-state index in [1.54, 1.807) is 12.1 Å². The lowest BCUT2D eigenvalue weighted by Gasteiger charge is -2.23. The monoisotopic (exact) mass is 348 g/mol. The first-order chi connectivity index (χ1) is 11.9. The van der Waals surface area contributed by atoms with Crippen molar-refractivity contribution in [3.05, 3.63) is 35.6 Å². The maximum absolute atomic E-state index is 12.9. The fourth-order valence-electron chi connectivity index (χ4n) is 2.93. The van der Waals surface area contributed by atoms with Gasteiger partial charge in [-0.05, 0) is 36.5 Å². The largest absolute Gasteiger partial charge is 0.357 e. The molecule has 1 aliphatic heterocycles. The minimum Gasteiger partial charge on any atom is -0.357 e. The van der Waals surface area contributed by atoms with E-state index in [-0.39, 0.29) is 18.1 Å². The second-order valence-corrected chi connectivity index (χ2v) is 7.22. The van der Waals surface area contributed by atoms with E-state index < -0.39 is 0 Å². The van der Waals surface area contributed by atoms with E-state index in [9.17, 15) is 9.18 Å². The molecule has 0 aliphatic carbocycles. The SMILES string of the molecule is CCNC(=NCCNC(=O)Cc1ccc(F)cc1)N1CCC(C)(C)C1. The normalized spacial score (nSPS) is 16.8. The molecule has 0 spiro atoms. The van der Waals surface area contributed by atoms with Crippen molar-refractivity contribution in [1.82, 2.24) is 15.5 Å². The smallest absolute Gasteiger partial charge is 0.224 e. The van der Waals surface area contributed by atoms with Gasteiger partial charge in [0.15, 0.2) is 5.96 Å². The molecule has 0 aromatic heterocycles. The predicted molar refractivity (Wildman–Crippen MR) is 99.1 cm³/mol. The highest BCUT2D eigenvalue weighted by atomic mass is 19.1. The Hall–Kier alpha value is -2.11. The van der Waals surface area contributed by atoms with Gasteiger partial charge in [-0.25, -0.2) is 4.39 Å². The number of carbonyl (C=O) groups excluding carboxylic acids is 1. The Labute approximate surface area is 149 Å². The van der Waals surface area contributed by atoms with E-state index in [2.05, 4.69) is 41.3 Å². The number of nitrogens with one attached hydrogen (secondary N) is 2. The average Bonchev–Trinajstić information content (AvgIpc) is 2.92. The number of likely N-dealkylation sites (tertiary alicyclic amines) is 1. The van der Waals surface area contributed by atoms with Crippen LogP contribution < -0.4 is 10.6 Å². The van der Waals surface area contributed by atoms with Crippen LogP contribution in [-0.2, 0) is 11.2 Å².